The maximum atomic E-state index is 12.4. The van der Waals surface area contributed by atoms with Crippen LogP contribution in [0.15, 0.2) is 18.5 Å². The Balaban J connectivity index is 2.10. The fraction of sp³-hybridized carbons (Fsp3) is 0.500. The van der Waals surface area contributed by atoms with Gasteiger partial charge >= 0.3 is 0 Å². The van der Waals surface area contributed by atoms with Gasteiger partial charge in [-0.3, -0.25) is 9.78 Å². The van der Waals surface area contributed by atoms with Crippen molar-refractivity contribution in [3.05, 3.63) is 29.6 Å². The molecule has 0 bridgehead atoms. The number of amides is 1. The molecular formula is C16H20N2O2. The normalized spacial score (nSPS) is 18.0. The Bertz CT molecular complexity index is 543. The largest absolute Gasteiger partial charge is 0.384 e. The first-order valence-corrected chi connectivity index (χ1v) is 6.96. The Morgan fingerprint density at radius 1 is 1.55 bits per heavy atom. The third-order valence-electron chi connectivity index (χ3n) is 3.75. The zero-order valence-electron chi connectivity index (χ0n) is 12.0. The fourth-order valence-electron chi connectivity index (χ4n) is 2.47. The molecule has 0 radical (unpaired) electrons. The highest BCUT2D eigenvalue weighted by Gasteiger charge is 2.28. The number of hydrogen-bond acceptors (Lipinski definition) is 3. The summed E-state index contributed by atoms with van der Waals surface area (Å²) in [5.41, 5.74) is 1.23. The second-order valence-electron chi connectivity index (χ2n) is 5.47. The minimum absolute atomic E-state index is 0.0216. The zero-order chi connectivity index (χ0) is 14.5. The lowest BCUT2D eigenvalue weighted by molar-refractivity contribution is 0.0783. The molecule has 1 aromatic heterocycles. The van der Waals surface area contributed by atoms with Crippen molar-refractivity contribution in [2.75, 3.05) is 19.7 Å². The third kappa shape index (κ3) is 3.37. The van der Waals surface area contributed by atoms with Crippen molar-refractivity contribution >= 4 is 5.91 Å². The standard InChI is InChI=1S/C16H20N2O2/c1-12(2)14-5-6-18(11-14)16(20)15-8-13(4-3-7-19)9-17-10-15/h8-10,12,14,19H,5-7,11H2,1-2H3. The Morgan fingerprint density at radius 2 is 2.35 bits per heavy atom. The van der Waals surface area contributed by atoms with E-state index in [9.17, 15) is 4.79 Å². The molecule has 4 nitrogen and oxygen atoms in total. The maximum absolute atomic E-state index is 12.4. The minimum Gasteiger partial charge on any atom is -0.384 e. The van der Waals surface area contributed by atoms with E-state index < -0.39 is 0 Å². The second-order valence-corrected chi connectivity index (χ2v) is 5.47. The molecule has 1 unspecified atom stereocenters. The zero-order valence-corrected chi connectivity index (χ0v) is 12.0. The van der Waals surface area contributed by atoms with E-state index in [0.717, 1.165) is 19.5 Å². The molecule has 2 heterocycles. The van der Waals surface area contributed by atoms with Gasteiger partial charge in [0, 0.05) is 31.0 Å². The van der Waals surface area contributed by atoms with E-state index in [4.69, 9.17) is 5.11 Å². The van der Waals surface area contributed by atoms with Crippen molar-refractivity contribution in [1.29, 1.82) is 0 Å². The van der Waals surface area contributed by atoms with Crippen molar-refractivity contribution in [2.24, 2.45) is 11.8 Å². The van der Waals surface area contributed by atoms with E-state index in [1.807, 2.05) is 4.90 Å². The highest BCUT2D eigenvalue weighted by Crippen LogP contribution is 2.24. The van der Waals surface area contributed by atoms with Crippen LogP contribution in [0.3, 0.4) is 0 Å². The average molecular weight is 272 g/mol. The van der Waals surface area contributed by atoms with E-state index >= 15 is 0 Å². The van der Waals surface area contributed by atoms with E-state index in [2.05, 4.69) is 30.7 Å². The molecule has 0 saturated carbocycles. The molecule has 1 aliphatic rings. The summed E-state index contributed by atoms with van der Waals surface area (Å²) in [6, 6.07) is 1.74. The molecule has 1 aromatic rings. The number of aliphatic hydroxyl groups excluding tert-OH is 1. The molecule has 4 heteroatoms. The summed E-state index contributed by atoms with van der Waals surface area (Å²) in [5, 5.41) is 8.69. The molecule has 1 saturated heterocycles. The number of carbonyl (C=O) groups is 1. The highest BCUT2D eigenvalue weighted by molar-refractivity contribution is 5.94. The first-order valence-electron chi connectivity index (χ1n) is 6.96. The molecule has 106 valence electrons. The molecule has 1 fully saturated rings. The summed E-state index contributed by atoms with van der Waals surface area (Å²) in [6.45, 7) is 5.84. The lowest BCUT2D eigenvalue weighted by atomic mass is 9.95. The van der Waals surface area contributed by atoms with Gasteiger partial charge in [0.05, 0.1) is 5.56 Å². The Hall–Kier alpha value is -1.86. The number of aliphatic hydroxyl groups is 1. The number of nitrogens with zero attached hydrogens (tertiary/aromatic N) is 2. The third-order valence-corrected chi connectivity index (χ3v) is 3.75. The Morgan fingerprint density at radius 3 is 3.00 bits per heavy atom. The quantitative estimate of drug-likeness (QED) is 0.831. The summed E-state index contributed by atoms with van der Waals surface area (Å²) in [6.07, 6.45) is 4.25. The number of carbonyl (C=O) groups excluding carboxylic acids is 1. The number of likely N-dealkylation sites (tertiary alicyclic amines) is 1. The smallest absolute Gasteiger partial charge is 0.255 e. The van der Waals surface area contributed by atoms with Crippen LogP contribution in [0, 0.1) is 23.7 Å². The number of rotatable bonds is 2. The maximum Gasteiger partial charge on any atom is 0.255 e. The topological polar surface area (TPSA) is 53.4 Å². The van der Waals surface area contributed by atoms with Gasteiger partial charge < -0.3 is 10.0 Å². The Labute approximate surface area is 119 Å². The number of pyridine rings is 1. The van der Waals surface area contributed by atoms with Gasteiger partial charge in [0.15, 0.2) is 0 Å². The van der Waals surface area contributed by atoms with Gasteiger partial charge in [-0.1, -0.05) is 25.7 Å². The van der Waals surface area contributed by atoms with E-state index in [1.54, 1.807) is 18.5 Å². The van der Waals surface area contributed by atoms with E-state index in [-0.39, 0.29) is 12.5 Å². The fourth-order valence-corrected chi connectivity index (χ4v) is 2.47. The molecular weight excluding hydrogens is 252 g/mol. The predicted molar refractivity (Wildman–Crippen MR) is 77.0 cm³/mol. The van der Waals surface area contributed by atoms with Gasteiger partial charge in [-0.05, 0) is 24.3 Å². The van der Waals surface area contributed by atoms with Crippen LogP contribution in [-0.2, 0) is 0 Å². The van der Waals surface area contributed by atoms with Gasteiger partial charge in [-0.2, -0.15) is 0 Å². The monoisotopic (exact) mass is 272 g/mol. The van der Waals surface area contributed by atoms with Crippen LogP contribution < -0.4 is 0 Å². The van der Waals surface area contributed by atoms with Crippen LogP contribution >= 0.6 is 0 Å². The summed E-state index contributed by atoms with van der Waals surface area (Å²) >= 11 is 0. The van der Waals surface area contributed by atoms with E-state index in [0.29, 0.717) is 23.0 Å². The molecule has 1 N–H and O–H groups in total. The molecule has 1 aliphatic heterocycles. The first-order chi connectivity index (χ1) is 9.61. The van der Waals surface area contributed by atoms with Crippen molar-refractivity contribution in [3.63, 3.8) is 0 Å². The molecule has 1 atom stereocenters. The minimum atomic E-state index is -0.194. The van der Waals surface area contributed by atoms with Gasteiger partial charge in [-0.15, -0.1) is 0 Å². The molecule has 0 aromatic carbocycles. The average Bonchev–Trinajstić information content (AvgIpc) is 2.94. The van der Waals surface area contributed by atoms with Crippen molar-refractivity contribution < 1.29 is 9.90 Å². The Kier molecular flexibility index (Phi) is 4.75. The van der Waals surface area contributed by atoms with Crippen LogP contribution in [0.1, 0.15) is 36.2 Å². The SMILES string of the molecule is CC(C)C1CCN(C(=O)c2cncc(C#CCO)c2)C1. The van der Waals surface area contributed by atoms with Crippen LogP contribution in [0.2, 0.25) is 0 Å². The highest BCUT2D eigenvalue weighted by atomic mass is 16.2. The summed E-state index contributed by atoms with van der Waals surface area (Å²) in [7, 11) is 0. The second kappa shape index (κ2) is 6.53. The van der Waals surface area contributed by atoms with Crippen molar-refractivity contribution in [3.8, 4) is 11.8 Å². The molecule has 0 aliphatic carbocycles. The molecule has 2 rings (SSSR count). The van der Waals surface area contributed by atoms with Crippen LogP contribution in [0.4, 0.5) is 0 Å². The predicted octanol–water partition coefficient (Wildman–Crippen LogP) is 1.54. The first kappa shape index (κ1) is 14.5. The summed E-state index contributed by atoms with van der Waals surface area (Å²) in [5.74, 6) is 6.55. The van der Waals surface area contributed by atoms with Gasteiger partial charge in [-0.25, -0.2) is 0 Å². The van der Waals surface area contributed by atoms with E-state index in [1.165, 1.54) is 0 Å². The summed E-state index contributed by atoms with van der Waals surface area (Å²) in [4.78, 5) is 18.4. The molecule has 20 heavy (non-hydrogen) atoms. The summed E-state index contributed by atoms with van der Waals surface area (Å²) < 4.78 is 0. The van der Waals surface area contributed by atoms with Gasteiger partial charge in [0.2, 0.25) is 0 Å². The molecule has 1 amide bonds. The number of hydrogen-bond donors (Lipinski definition) is 1. The lowest BCUT2D eigenvalue weighted by Gasteiger charge is -2.18. The molecule has 0 spiro atoms. The van der Waals surface area contributed by atoms with Crippen LogP contribution in [0.5, 0.6) is 0 Å². The van der Waals surface area contributed by atoms with Crippen LogP contribution in [-0.4, -0.2) is 40.6 Å². The van der Waals surface area contributed by atoms with Crippen molar-refractivity contribution in [1.82, 2.24) is 9.88 Å². The van der Waals surface area contributed by atoms with Crippen molar-refractivity contribution in [2.45, 2.75) is 20.3 Å². The lowest BCUT2D eigenvalue weighted by Crippen LogP contribution is -2.29. The van der Waals surface area contributed by atoms with Gasteiger partial charge in [0.25, 0.3) is 5.91 Å². The van der Waals surface area contributed by atoms with Crippen LogP contribution in [0.25, 0.3) is 0 Å². The van der Waals surface area contributed by atoms with Gasteiger partial charge in [0.1, 0.15) is 6.61 Å². The number of aromatic nitrogens is 1.